The molecular formula is C13H15BrN2O2. The van der Waals surface area contributed by atoms with Crippen LogP contribution in [0.15, 0.2) is 28.7 Å². The molecule has 0 bridgehead atoms. The Balaban J connectivity index is 2.18. The first-order chi connectivity index (χ1) is 8.44. The molecule has 0 saturated carbocycles. The zero-order valence-electron chi connectivity index (χ0n) is 10.1. The third kappa shape index (κ3) is 2.27. The summed E-state index contributed by atoms with van der Waals surface area (Å²) in [4.78, 5) is 25.4. The van der Waals surface area contributed by atoms with Crippen molar-refractivity contribution in [2.24, 2.45) is 11.1 Å². The molecule has 1 atom stereocenters. The maximum atomic E-state index is 12.3. The number of benzene rings is 1. The smallest absolute Gasteiger partial charge is 0.255 e. The van der Waals surface area contributed by atoms with Crippen molar-refractivity contribution < 1.29 is 9.59 Å². The second-order valence-corrected chi connectivity index (χ2v) is 5.74. The number of halogens is 1. The Labute approximate surface area is 114 Å². The van der Waals surface area contributed by atoms with Crippen LogP contribution >= 0.6 is 15.9 Å². The summed E-state index contributed by atoms with van der Waals surface area (Å²) in [5.74, 6) is -0.405. The molecule has 1 aliphatic rings. The SMILES string of the molecule is CC1(C(N)=O)CCN(C(=O)c2ccccc2Br)C1. The molecule has 1 saturated heterocycles. The Bertz CT molecular complexity index is 504. The number of primary amides is 1. The number of carbonyl (C=O) groups excluding carboxylic acids is 2. The molecule has 1 aromatic carbocycles. The van der Waals surface area contributed by atoms with Crippen LogP contribution in [-0.4, -0.2) is 29.8 Å². The van der Waals surface area contributed by atoms with E-state index in [-0.39, 0.29) is 11.8 Å². The average molecular weight is 311 g/mol. The minimum absolute atomic E-state index is 0.0625. The molecule has 1 aliphatic heterocycles. The number of hydrogen-bond acceptors (Lipinski definition) is 2. The van der Waals surface area contributed by atoms with Gasteiger partial charge in [-0.2, -0.15) is 0 Å². The van der Waals surface area contributed by atoms with E-state index in [1.54, 1.807) is 11.0 Å². The molecule has 2 amide bonds. The van der Waals surface area contributed by atoms with Crippen molar-refractivity contribution in [3.63, 3.8) is 0 Å². The van der Waals surface area contributed by atoms with Gasteiger partial charge in [-0.1, -0.05) is 12.1 Å². The Hall–Kier alpha value is -1.36. The van der Waals surface area contributed by atoms with E-state index in [1.165, 1.54) is 0 Å². The van der Waals surface area contributed by atoms with Crippen LogP contribution in [0.1, 0.15) is 23.7 Å². The van der Waals surface area contributed by atoms with Gasteiger partial charge in [0, 0.05) is 17.6 Å². The van der Waals surface area contributed by atoms with E-state index in [0.717, 1.165) is 4.47 Å². The fraction of sp³-hybridized carbons (Fsp3) is 0.385. The first-order valence-electron chi connectivity index (χ1n) is 5.78. The first kappa shape index (κ1) is 13.1. The summed E-state index contributed by atoms with van der Waals surface area (Å²) in [6, 6.07) is 7.28. The number of likely N-dealkylation sites (tertiary alicyclic amines) is 1. The molecule has 5 heteroatoms. The fourth-order valence-electron chi connectivity index (χ4n) is 2.14. The monoisotopic (exact) mass is 310 g/mol. The van der Waals surface area contributed by atoms with Crippen molar-refractivity contribution in [1.29, 1.82) is 0 Å². The van der Waals surface area contributed by atoms with Crippen LogP contribution in [0.5, 0.6) is 0 Å². The number of hydrogen-bond donors (Lipinski definition) is 1. The van der Waals surface area contributed by atoms with Gasteiger partial charge in [-0.3, -0.25) is 9.59 Å². The van der Waals surface area contributed by atoms with Crippen LogP contribution < -0.4 is 5.73 Å². The molecule has 1 fully saturated rings. The van der Waals surface area contributed by atoms with Gasteiger partial charge in [0.25, 0.3) is 5.91 Å². The minimum atomic E-state index is -0.600. The molecule has 0 spiro atoms. The molecule has 4 nitrogen and oxygen atoms in total. The largest absolute Gasteiger partial charge is 0.369 e. The van der Waals surface area contributed by atoms with Gasteiger partial charge >= 0.3 is 0 Å². The molecule has 2 N–H and O–H groups in total. The fourth-order valence-corrected chi connectivity index (χ4v) is 2.59. The zero-order valence-corrected chi connectivity index (χ0v) is 11.7. The van der Waals surface area contributed by atoms with E-state index in [0.29, 0.717) is 25.1 Å². The standard InChI is InChI=1S/C13H15BrN2O2/c1-13(12(15)18)6-7-16(8-13)11(17)9-4-2-3-5-10(9)14/h2-5H,6-8H2,1H3,(H2,15,18). The first-order valence-corrected chi connectivity index (χ1v) is 6.57. The summed E-state index contributed by atoms with van der Waals surface area (Å²) in [5.41, 5.74) is 5.39. The minimum Gasteiger partial charge on any atom is -0.369 e. The topological polar surface area (TPSA) is 63.4 Å². The average Bonchev–Trinajstić information content (AvgIpc) is 2.73. The highest BCUT2D eigenvalue weighted by Gasteiger charge is 2.40. The molecule has 1 aromatic rings. The molecule has 1 heterocycles. The van der Waals surface area contributed by atoms with E-state index in [1.807, 2.05) is 25.1 Å². The van der Waals surface area contributed by atoms with E-state index >= 15 is 0 Å². The van der Waals surface area contributed by atoms with Crippen molar-refractivity contribution >= 4 is 27.7 Å². The second-order valence-electron chi connectivity index (χ2n) is 4.88. The number of amides is 2. The zero-order chi connectivity index (χ0) is 13.3. The molecule has 1 unspecified atom stereocenters. The summed E-state index contributed by atoms with van der Waals surface area (Å²) >= 11 is 3.36. The molecule has 96 valence electrons. The van der Waals surface area contributed by atoms with Gasteiger partial charge in [-0.15, -0.1) is 0 Å². The van der Waals surface area contributed by atoms with Crippen molar-refractivity contribution in [1.82, 2.24) is 4.90 Å². The van der Waals surface area contributed by atoms with E-state index in [2.05, 4.69) is 15.9 Å². The number of nitrogens with zero attached hydrogens (tertiary/aromatic N) is 1. The van der Waals surface area contributed by atoms with Gasteiger partial charge in [-0.05, 0) is 41.4 Å². The van der Waals surface area contributed by atoms with Crippen molar-refractivity contribution in [2.75, 3.05) is 13.1 Å². The van der Waals surface area contributed by atoms with Crippen LogP contribution in [0.2, 0.25) is 0 Å². The van der Waals surface area contributed by atoms with Crippen LogP contribution in [0.25, 0.3) is 0 Å². The molecule has 18 heavy (non-hydrogen) atoms. The maximum Gasteiger partial charge on any atom is 0.255 e. The summed E-state index contributed by atoms with van der Waals surface area (Å²) in [7, 11) is 0. The Morgan fingerprint density at radius 2 is 2.06 bits per heavy atom. The van der Waals surface area contributed by atoms with Crippen molar-refractivity contribution in [2.45, 2.75) is 13.3 Å². The van der Waals surface area contributed by atoms with Crippen molar-refractivity contribution in [3.8, 4) is 0 Å². The Morgan fingerprint density at radius 3 is 2.61 bits per heavy atom. The van der Waals surface area contributed by atoms with E-state index in [4.69, 9.17) is 5.73 Å². The lowest BCUT2D eigenvalue weighted by Crippen LogP contribution is -2.38. The highest BCUT2D eigenvalue weighted by Crippen LogP contribution is 2.31. The van der Waals surface area contributed by atoms with Gasteiger partial charge in [0.1, 0.15) is 0 Å². The summed E-state index contributed by atoms with van der Waals surface area (Å²) in [6.45, 7) is 2.77. The molecule has 0 aliphatic carbocycles. The lowest BCUT2D eigenvalue weighted by Gasteiger charge is -2.21. The van der Waals surface area contributed by atoms with Gasteiger partial charge in [0.15, 0.2) is 0 Å². The number of rotatable bonds is 2. The van der Waals surface area contributed by atoms with Crippen molar-refractivity contribution in [3.05, 3.63) is 34.3 Å². The van der Waals surface area contributed by atoms with Gasteiger partial charge in [0.05, 0.1) is 11.0 Å². The van der Waals surface area contributed by atoms with Crippen LogP contribution in [0.3, 0.4) is 0 Å². The molecular weight excluding hydrogens is 296 g/mol. The van der Waals surface area contributed by atoms with Gasteiger partial charge < -0.3 is 10.6 Å². The van der Waals surface area contributed by atoms with Crippen LogP contribution in [0.4, 0.5) is 0 Å². The highest BCUT2D eigenvalue weighted by atomic mass is 79.9. The lowest BCUT2D eigenvalue weighted by atomic mass is 9.89. The second kappa shape index (κ2) is 4.72. The van der Waals surface area contributed by atoms with Gasteiger partial charge in [-0.25, -0.2) is 0 Å². The van der Waals surface area contributed by atoms with Crippen LogP contribution in [-0.2, 0) is 4.79 Å². The maximum absolute atomic E-state index is 12.3. The normalized spacial score (nSPS) is 23.1. The number of carbonyl (C=O) groups is 2. The quantitative estimate of drug-likeness (QED) is 0.905. The molecule has 0 aromatic heterocycles. The Morgan fingerprint density at radius 1 is 1.39 bits per heavy atom. The summed E-state index contributed by atoms with van der Waals surface area (Å²) < 4.78 is 0.766. The molecule has 0 radical (unpaired) electrons. The van der Waals surface area contributed by atoms with Crippen LogP contribution in [0, 0.1) is 5.41 Å². The summed E-state index contributed by atoms with van der Waals surface area (Å²) in [6.07, 6.45) is 0.624. The predicted molar refractivity (Wildman–Crippen MR) is 72.0 cm³/mol. The summed E-state index contributed by atoms with van der Waals surface area (Å²) in [5, 5.41) is 0. The third-order valence-corrected chi connectivity index (χ3v) is 4.15. The highest BCUT2D eigenvalue weighted by molar-refractivity contribution is 9.10. The number of nitrogens with two attached hydrogens (primary N) is 1. The third-order valence-electron chi connectivity index (χ3n) is 3.46. The van der Waals surface area contributed by atoms with Gasteiger partial charge in [0.2, 0.25) is 5.91 Å². The molecule has 2 rings (SSSR count). The lowest BCUT2D eigenvalue weighted by molar-refractivity contribution is -0.126. The van der Waals surface area contributed by atoms with E-state index < -0.39 is 5.41 Å². The Kier molecular flexibility index (Phi) is 3.43. The predicted octanol–water partition coefficient (Wildman–Crippen LogP) is 1.79. The van der Waals surface area contributed by atoms with E-state index in [9.17, 15) is 9.59 Å².